The zero-order chi connectivity index (χ0) is 44.6. The number of halogens is 2. The van der Waals surface area contributed by atoms with Gasteiger partial charge in [-0.25, -0.2) is 14.4 Å². The summed E-state index contributed by atoms with van der Waals surface area (Å²) < 4.78 is 14.8. The van der Waals surface area contributed by atoms with Crippen molar-refractivity contribution in [1.29, 1.82) is 0 Å². The van der Waals surface area contributed by atoms with Gasteiger partial charge in [-0.3, -0.25) is 34.8 Å². The Morgan fingerprint density at radius 1 is 0.812 bits per heavy atom. The number of imide groups is 1. The molecule has 0 radical (unpaired) electrons. The molecule has 8 rings (SSSR count). The van der Waals surface area contributed by atoms with Gasteiger partial charge in [0, 0.05) is 80.4 Å². The number of hydrogen-bond acceptors (Lipinski definition) is 11. The van der Waals surface area contributed by atoms with Gasteiger partial charge in [0.1, 0.15) is 0 Å². The summed E-state index contributed by atoms with van der Waals surface area (Å²) in [6, 6.07) is 28.7. The molecule has 1 aromatic heterocycles. The first-order chi connectivity index (χ1) is 31.1. The highest BCUT2D eigenvalue weighted by atomic mass is 35.5. The number of amides is 4. The lowest BCUT2D eigenvalue weighted by Gasteiger charge is -2.41. The van der Waals surface area contributed by atoms with Gasteiger partial charge in [-0.2, -0.15) is 4.98 Å². The van der Waals surface area contributed by atoms with Crippen LogP contribution in [0.1, 0.15) is 71.2 Å². The Hall–Kier alpha value is -6.42. The van der Waals surface area contributed by atoms with Crippen molar-refractivity contribution in [3.05, 3.63) is 131 Å². The Balaban J connectivity index is 0.761. The van der Waals surface area contributed by atoms with Gasteiger partial charge in [0.25, 0.3) is 11.8 Å². The average Bonchev–Trinajstić information content (AvgIpc) is 3.31. The van der Waals surface area contributed by atoms with Crippen LogP contribution in [0.4, 0.5) is 38.9 Å². The van der Waals surface area contributed by atoms with E-state index in [1.54, 1.807) is 72.8 Å². The van der Waals surface area contributed by atoms with Crippen molar-refractivity contribution in [1.82, 2.24) is 30.6 Å². The fraction of sp³-hybridized carbons (Fsp3) is 0.333. The van der Waals surface area contributed by atoms with Crippen LogP contribution in [-0.2, 0) is 9.59 Å². The minimum absolute atomic E-state index is 0.0526. The maximum Gasteiger partial charge on any atom is 0.265 e. The van der Waals surface area contributed by atoms with E-state index >= 15 is 0 Å². The third-order valence-electron chi connectivity index (χ3n) is 12.4. The highest BCUT2D eigenvalue weighted by Crippen LogP contribution is 2.31. The molecule has 0 bridgehead atoms. The summed E-state index contributed by atoms with van der Waals surface area (Å²) in [5.41, 5.74) is 7.75. The molecule has 5 N–H and O–H groups in total. The summed E-state index contributed by atoms with van der Waals surface area (Å²) in [5.74, 6) is -0.564. The number of nitrogens with one attached hydrogen (secondary N) is 5. The molecular formula is C48H52ClFN10O4. The standard InChI is InChI=1S/C48H52ClFN10O4/c1-2-31(30-58-25-27-59(28-26-58)38-17-11-33(12-18-38)39-19-20-43(61)55-47(39)64)32-21-23-60(24-22-32)57-46(63)35-9-15-37(16-10-35)53-48-51-29-41(50)44(56-48)52-36-13-7-34(8-14-36)45(62)54-42-6-4-3-5-40(42)49/h3-18,29,31-32,39H,2,19-28,30H2,1H3,(H,54,62)(H,57,63)(H,55,61,64)(H2,51,52,53,56). The predicted octanol–water partition coefficient (Wildman–Crippen LogP) is 7.73. The second kappa shape index (κ2) is 20.4. The first-order valence-electron chi connectivity index (χ1n) is 21.9. The summed E-state index contributed by atoms with van der Waals surface area (Å²) in [4.78, 5) is 63.2. The average molecular weight is 887 g/mol. The van der Waals surface area contributed by atoms with Crippen LogP contribution in [0.3, 0.4) is 0 Å². The van der Waals surface area contributed by atoms with Crippen molar-refractivity contribution in [2.45, 2.75) is 44.9 Å². The molecule has 4 amide bonds. The summed E-state index contributed by atoms with van der Waals surface area (Å²) in [7, 11) is 0. The molecule has 0 spiro atoms. The van der Waals surface area contributed by atoms with E-state index in [-0.39, 0.29) is 41.3 Å². The number of rotatable bonds is 14. The molecule has 2 unspecified atom stereocenters. The Kier molecular flexibility index (Phi) is 14.1. The summed E-state index contributed by atoms with van der Waals surface area (Å²) in [6.45, 7) is 8.81. The monoisotopic (exact) mass is 886 g/mol. The molecule has 3 aliphatic heterocycles. The van der Waals surface area contributed by atoms with E-state index < -0.39 is 5.82 Å². The molecule has 3 aliphatic rings. The minimum atomic E-state index is -0.656. The van der Waals surface area contributed by atoms with Crippen LogP contribution in [0.15, 0.2) is 103 Å². The highest BCUT2D eigenvalue weighted by molar-refractivity contribution is 6.33. The second-order valence-corrected chi connectivity index (χ2v) is 17.0. The summed E-state index contributed by atoms with van der Waals surface area (Å²) >= 11 is 6.16. The fourth-order valence-electron chi connectivity index (χ4n) is 8.70. The highest BCUT2D eigenvalue weighted by Gasteiger charge is 2.30. The molecule has 332 valence electrons. The number of hydrogen-bond donors (Lipinski definition) is 5. The number of hydrazine groups is 1. The van der Waals surface area contributed by atoms with Gasteiger partial charge in [0.05, 0.1) is 22.8 Å². The molecule has 16 heteroatoms. The normalized spacial score (nSPS) is 17.9. The Morgan fingerprint density at radius 3 is 2.12 bits per heavy atom. The van der Waals surface area contributed by atoms with Gasteiger partial charge in [-0.05, 0) is 109 Å². The van der Waals surface area contributed by atoms with Crippen LogP contribution < -0.4 is 31.6 Å². The molecule has 0 saturated carbocycles. The third-order valence-corrected chi connectivity index (χ3v) is 12.8. The molecule has 5 aromatic rings. The maximum absolute atomic E-state index is 14.8. The number of anilines is 6. The Labute approximate surface area is 376 Å². The minimum Gasteiger partial charge on any atom is -0.369 e. The maximum atomic E-state index is 14.8. The number of para-hydroxylation sites is 1. The largest absolute Gasteiger partial charge is 0.369 e. The van der Waals surface area contributed by atoms with Crippen LogP contribution in [0.2, 0.25) is 5.02 Å². The quantitative estimate of drug-likeness (QED) is 0.0694. The van der Waals surface area contributed by atoms with Crippen LogP contribution in [0.25, 0.3) is 0 Å². The smallest absolute Gasteiger partial charge is 0.265 e. The second-order valence-electron chi connectivity index (χ2n) is 16.5. The Bertz CT molecular complexity index is 2440. The van der Waals surface area contributed by atoms with Gasteiger partial charge < -0.3 is 20.9 Å². The zero-order valence-electron chi connectivity index (χ0n) is 35.7. The molecule has 2 atom stereocenters. The number of carbonyl (C=O) groups excluding carboxylic acids is 4. The van der Waals surface area contributed by atoms with Crippen molar-refractivity contribution >= 4 is 69.7 Å². The Morgan fingerprint density at radius 2 is 1.47 bits per heavy atom. The summed E-state index contributed by atoms with van der Waals surface area (Å²) in [5, 5.41) is 13.7. The first kappa shape index (κ1) is 44.2. The van der Waals surface area contributed by atoms with E-state index in [4.69, 9.17) is 11.6 Å². The van der Waals surface area contributed by atoms with Gasteiger partial charge in [0.2, 0.25) is 17.8 Å². The van der Waals surface area contributed by atoms with Gasteiger partial charge in [-0.1, -0.05) is 49.2 Å². The van der Waals surface area contributed by atoms with E-state index in [0.29, 0.717) is 57.9 Å². The molecular weight excluding hydrogens is 835 g/mol. The number of nitrogens with zero attached hydrogens (tertiary/aromatic N) is 5. The lowest BCUT2D eigenvalue weighted by Crippen LogP contribution is -2.50. The van der Waals surface area contributed by atoms with Crippen molar-refractivity contribution < 1.29 is 23.6 Å². The molecule has 0 aliphatic carbocycles. The van der Waals surface area contributed by atoms with Crippen LogP contribution >= 0.6 is 11.6 Å². The van der Waals surface area contributed by atoms with E-state index in [1.165, 1.54) is 0 Å². The van der Waals surface area contributed by atoms with Crippen molar-refractivity contribution in [3.63, 3.8) is 0 Å². The lowest BCUT2D eigenvalue weighted by atomic mass is 9.82. The fourth-order valence-corrected chi connectivity index (χ4v) is 8.88. The summed E-state index contributed by atoms with van der Waals surface area (Å²) in [6.07, 6.45) is 5.14. The number of carbonyl (C=O) groups is 4. The lowest BCUT2D eigenvalue weighted by molar-refractivity contribution is -0.134. The van der Waals surface area contributed by atoms with Crippen LogP contribution in [0.5, 0.6) is 0 Å². The zero-order valence-corrected chi connectivity index (χ0v) is 36.4. The van der Waals surface area contributed by atoms with Gasteiger partial charge >= 0.3 is 0 Å². The molecule has 4 heterocycles. The number of piperazine rings is 1. The van der Waals surface area contributed by atoms with E-state index in [1.807, 2.05) is 17.1 Å². The van der Waals surface area contributed by atoms with E-state index in [0.717, 1.165) is 82.5 Å². The predicted molar refractivity (Wildman–Crippen MR) is 247 cm³/mol. The van der Waals surface area contributed by atoms with Gasteiger partial charge in [-0.15, -0.1) is 0 Å². The third kappa shape index (κ3) is 11.0. The SMILES string of the molecule is CCC(CN1CCN(c2ccc(C3CCC(=O)NC3=O)cc2)CC1)C1CCN(NC(=O)c2ccc(Nc3ncc(F)c(Nc4ccc(C(=O)Nc5ccccc5Cl)cc4)n3)cc2)CC1. The van der Waals surface area contributed by atoms with Crippen molar-refractivity contribution in [2.75, 3.05) is 66.7 Å². The molecule has 3 saturated heterocycles. The number of benzene rings is 4. The molecule has 4 aromatic carbocycles. The van der Waals surface area contributed by atoms with Crippen molar-refractivity contribution in [3.8, 4) is 0 Å². The molecule has 64 heavy (non-hydrogen) atoms. The number of aromatic nitrogens is 2. The van der Waals surface area contributed by atoms with Gasteiger partial charge in [0.15, 0.2) is 11.6 Å². The van der Waals surface area contributed by atoms with Crippen LogP contribution in [-0.4, -0.2) is 89.3 Å². The van der Waals surface area contributed by atoms with E-state index in [2.05, 4.69) is 65.5 Å². The van der Waals surface area contributed by atoms with E-state index in [9.17, 15) is 23.6 Å². The first-order valence-corrected chi connectivity index (χ1v) is 22.3. The topological polar surface area (TPSA) is 164 Å². The molecule has 14 nitrogen and oxygen atoms in total. The van der Waals surface area contributed by atoms with Crippen molar-refractivity contribution in [2.24, 2.45) is 11.8 Å². The van der Waals surface area contributed by atoms with Crippen LogP contribution in [0, 0.1) is 17.7 Å². The number of piperidine rings is 2. The molecule has 3 fully saturated rings.